The van der Waals surface area contributed by atoms with Crippen LogP contribution in [-0.4, -0.2) is 30.4 Å². The smallest absolute Gasteiger partial charge is 0.319 e. The molecule has 20 heavy (non-hydrogen) atoms. The Hall–Kier alpha value is -1.52. The standard InChI is InChI=1S/C15H24O5/c1-5-12(17)7-9-15(11(3)16,14(19)20-4)10-8-13(18)6-2/h5-10H2,1-4H3. The molecule has 0 saturated heterocycles. The molecule has 0 aromatic carbocycles. The summed E-state index contributed by atoms with van der Waals surface area (Å²) in [6, 6.07) is 0. The van der Waals surface area contributed by atoms with Gasteiger partial charge < -0.3 is 4.74 Å². The molecule has 0 aliphatic heterocycles. The van der Waals surface area contributed by atoms with Crippen molar-refractivity contribution in [2.24, 2.45) is 5.41 Å². The van der Waals surface area contributed by atoms with E-state index in [2.05, 4.69) is 0 Å². The lowest BCUT2D eigenvalue weighted by Crippen LogP contribution is -2.40. The molecule has 0 saturated carbocycles. The Bertz CT molecular complexity index is 364. The van der Waals surface area contributed by atoms with Crippen molar-refractivity contribution in [2.45, 2.75) is 59.3 Å². The first kappa shape index (κ1) is 18.5. The number of ketones is 3. The van der Waals surface area contributed by atoms with Gasteiger partial charge in [0, 0.05) is 25.7 Å². The summed E-state index contributed by atoms with van der Waals surface area (Å²) in [6.45, 7) is 4.77. The quantitative estimate of drug-likeness (QED) is 0.454. The van der Waals surface area contributed by atoms with E-state index < -0.39 is 11.4 Å². The van der Waals surface area contributed by atoms with E-state index in [9.17, 15) is 19.2 Å². The maximum absolute atomic E-state index is 12.0. The molecule has 0 amide bonds. The van der Waals surface area contributed by atoms with Gasteiger partial charge in [0.1, 0.15) is 22.8 Å². The molecule has 0 bridgehead atoms. The second-order valence-corrected chi connectivity index (χ2v) is 4.91. The van der Waals surface area contributed by atoms with Gasteiger partial charge in [-0.25, -0.2) is 0 Å². The number of methoxy groups -OCH3 is 1. The van der Waals surface area contributed by atoms with E-state index in [1.165, 1.54) is 14.0 Å². The first-order chi connectivity index (χ1) is 9.33. The molecule has 5 nitrogen and oxygen atoms in total. The van der Waals surface area contributed by atoms with Gasteiger partial charge in [-0.15, -0.1) is 0 Å². The topological polar surface area (TPSA) is 77.5 Å². The van der Waals surface area contributed by atoms with E-state index in [-0.39, 0.29) is 43.0 Å². The number of ether oxygens (including phenoxy) is 1. The van der Waals surface area contributed by atoms with Crippen LogP contribution in [0.2, 0.25) is 0 Å². The van der Waals surface area contributed by atoms with Crippen LogP contribution in [0.1, 0.15) is 59.3 Å². The maximum atomic E-state index is 12.0. The first-order valence-corrected chi connectivity index (χ1v) is 6.96. The molecule has 0 aliphatic rings. The van der Waals surface area contributed by atoms with Crippen molar-refractivity contribution in [1.82, 2.24) is 0 Å². The van der Waals surface area contributed by atoms with E-state index in [0.717, 1.165) is 0 Å². The van der Waals surface area contributed by atoms with Crippen LogP contribution in [0.4, 0.5) is 0 Å². The molecule has 0 spiro atoms. The molecule has 0 fully saturated rings. The number of esters is 1. The van der Waals surface area contributed by atoms with Crippen molar-refractivity contribution in [3.63, 3.8) is 0 Å². The van der Waals surface area contributed by atoms with Gasteiger partial charge in [0.15, 0.2) is 0 Å². The highest BCUT2D eigenvalue weighted by Gasteiger charge is 2.44. The highest BCUT2D eigenvalue weighted by molar-refractivity contribution is 6.03. The van der Waals surface area contributed by atoms with Crippen LogP contribution in [0.15, 0.2) is 0 Å². The van der Waals surface area contributed by atoms with E-state index >= 15 is 0 Å². The van der Waals surface area contributed by atoms with Crippen LogP contribution in [0, 0.1) is 5.41 Å². The molecule has 0 radical (unpaired) electrons. The van der Waals surface area contributed by atoms with Gasteiger partial charge in [-0.1, -0.05) is 13.8 Å². The second-order valence-electron chi connectivity index (χ2n) is 4.91. The van der Waals surface area contributed by atoms with Gasteiger partial charge in [-0.05, 0) is 19.8 Å². The Morgan fingerprint density at radius 1 is 0.900 bits per heavy atom. The Morgan fingerprint density at radius 3 is 1.55 bits per heavy atom. The minimum atomic E-state index is -1.37. The summed E-state index contributed by atoms with van der Waals surface area (Å²) in [4.78, 5) is 46.9. The maximum Gasteiger partial charge on any atom is 0.319 e. The summed E-state index contributed by atoms with van der Waals surface area (Å²) in [7, 11) is 1.21. The molecule has 0 aliphatic carbocycles. The van der Waals surface area contributed by atoms with Crippen molar-refractivity contribution in [3.05, 3.63) is 0 Å². The molecule has 0 heterocycles. The molecule has 0 aromatic heterocycles. The van der Waals surface area contributed by atoms with Crippen molar-refractivity contribution < 1.29 is 23.9 Å². The van der Waals surface area contributed by atoms with Crippen molar-refractivity contribution in [2.75, 3.05) is 7.11 Å². The van der Waals surface area contributed by atoms with Crippen molar-refractivity contribution >= 4 is 23.3 Å². The van der Waals surface area contributed by atoms with E-state index in [4.69, 9.17) is 4.74 Å². The first-order valence-electron chi connectivity index (χ1n) is 6.96. The van der Waals surface area contributed by atoms with Crippen molar-refractivity contribution in [3.8, 4) is 0 Å². The van der Waals surface area contributed by atoms with Gasteiger partial charge in [-0.2, -0.15) is 0 Å². The predicted molar refractivity (Wildman–Crippen MR) is 74.2 cm³/mol. The lowest BCUT2D eigenvalue weighted by atomic mass is 9.74. The SMILES string of the molecule is CCC(=O)CCC(CCC(=O)CC)(C(C)=O)C(=O)OC. The number of Topliss-reactive ketones (excluding diaryl/α,β-unsaturated/α-hetero) is 3. The second kappa shape index (κ2) is 8.61. The fraction of sp³-hybridized carbons (Fsp3) is 0.733. The predicted octanol–water partition coefficient (Wildman–Crippen LogP) is 2.25. The number of hydrogen-bond acceptors (Lipinski definition) is 5. The normalized spacial score (nSPS) is 11.0. The van der Waals surface area contributed by atoms with Gasteiger partial charge in [0.05, 0.1) is 7.11 Å². The Balaban J connectivity index is 5.15. The minimum Gasteiger partial charge on any atom is -0.468 e. The van der Waals surface area contributed by atoms with Crippen LogP contribution in [0.3, 0.4) is 0 Å². The monoisotopic (exact) mass is 284 g/mol. The van der Waals surface area contributed by atoms with Crippen LogP contribution in [-0.2, 0) is 23.9 Å². The fourth-order valence-corrected chi connectivity index (χ4v) is 2.08. The average molecular weight is 284 g/mol. The number of carbonyl (C=O) groups excluding carboxylic acids is 4. The summed E-state index contributed by atoms with van der Waals surface area (Å²) in [5.74, 6) is -1.03. The number of carbonyl (C=O) groups is 4. The summed E-state index contributed by atoms with van der Waals surface area (Å²) >= 11 is 0. The zero-order valence-corrected chi connectivity index (χ0v) is 12.8. The third-order valence-electron chi connectivity index (χ3n) is 3.70. The number of hydrogen-bond donors (Lipinski definition) is 0. The highest BCUT2D eigenvalue weighted by Crippen LogP contribution is 2.33. The summed E-state index contributed by atoms with van der Waals surface area (Å²) in [6.07, 6.45) is 1.24. The van der Waals surface area contributed by atoms with Crippen molar-refractivity contribution in [1.29, 1.82) is 0 Å². The largest absolute Gasteiger partial charge is 0.468 e. The van der Waals surface area contributed by atoms with E-state index in [1.54, 1.807) is 13.8 Å². The summed E-state index contributed by atoms with van der Waals surface area (Å²) in [5.41, 5.74) is -1.37. The fourth-order valence-electron chi connectivity index (χ4n) is 2.08. The molecule has 0 N–H and O–H groups in total. The third-order valence-corrected chi connectivity index (χ3v) is 3.70. The zero-order chi connectivity index (χ0) is 15.8. The molecule has 0 aromatic rings. The molecular weight excluding hydrogens is 260 g/mol. The third kappa shape index (κ3) is 4.87. The van der Waals surface area contributed by atoms with E-state index in [0.29, 0.717) is 12.8 Å². The molecule has 114 valence electrons. The Morgan fingerprint density at radius 2 is 1.30 bits per heavy atom. The summed E-state index contributed by atoms with van der Waals surface area (Å²) in [5, 5.41) is 0. The van der Waals surface area contributed by atoms with Gasteiger partial charge in [0.2, 0.25) is 0 Å². The Kier molecular flexibility index (Phi) is 7.96. The molecular formula is C15H24O5. The molecule has 0 atom stereocenters. The molecule has 5 heteroatoms. The zero-order valence-electron chi connectivity index (χ0n) is 12.8. The van der Waals surface area contributed by atoms with E-state index in [1.807, 2.05) is 0 Å². The lowest BCUT2D eigenvalue weighted by Gasteiger charge is -2.28. The highest BCUT2D eigenvalue weighted by atomic mass is 16.5. The van der Waals surface area contributed by atoms with Crippen LogP contribution in [0.25, 0.3) is 0 Å². The van der Waals surface area contributed by atoms with Crippen LogP contribution < -0.4 is 0 Å². The Labute approximate surface area is 120 Å². The molecule has 0 rings (SSSR count). The summed E-state index contributed by atoms with van der Waals surface area (Å²) < 4.78 is 4.73. The van der Waals surface area contributed by atoms with Crippen LogP contribution in [0.5, 0.6) is 0 Å². The average Bonchev–Trinajstić information content (AvgIpc) is 2.45. The number of rotatable bonds is 10. The van der Waals surface area contributed by atoms with Gasteiger partial charge in [0.25, 0.3) is 0 Å². The van der Waals surface area contributed by atoms with Gasteiger partial charge in [-0.3, -0.25) is 19.2 Å². The van der Waals surface area contributed by atoms with Gasteiger partial charge >= 0.3 is 5.97 Å². The molecule has 0 unspecified atom stereocenters. The lowest BCUT2D eigenvalue weighted by molar-refractivity contribution is -0.158. The van der Waals surface area contributed by atoms with Crippen LogP contribution >= 0.6 is 0 Å². The minimum absolute atomic E-state index is 0.0126.